The van der Waals surface area contributed by atoms with Gasteiger partial charge in [-0.3, -0.25) is 9.48 Å². The summed E-state index contributed by atoms with van der Waals surface area (Å²) in [5, 5.41) is 17.6. The van der Waals surface area contributed by atoms with Crippen molar-refractivity contribution >= 4 is 5.91 Å². The van der Waals surface area contributed by atoms with Crippen LogP contribution in [0.1, 0.15) is 60.0 Å². The Hall–Kier alpha value is -2.08. The van der Waals surface area contributed by atoms with Crippen LogP contribution in [-0.2, 0) is 12.6 Å². The smallest absolute Gasteiger partial charge is 0.271 e. The molecule has 2 heterocycles. The summed E-state index contributed by atoms with van der Waals surface area (Å²) < 4.78 is 7.16. The topological polar surface area (TPSA) is 80.3 Å². The van der Waals surface area contributed by atoms with E-state index in [1.54, 1.807) is 30.7 Å². The summed E-state index contributed by atoms with van der Waals surface area (Å²) in [6, 6.07) is 3.57. The normalized spacial score (nSPS) is 14.1. The van der Waals surface area contributed by atoms with Crippen molar-refractivity contribution in [2.24, 2.45) is 7.05 Å². The van der Waals surface area contributed by atoms with Crippen molar-refractivity contribution in [3.05, 3.63) is 40.6 Å². The minimum absolute atomic E-state index is 0.0826. The van der Waals surface area contributed by atoms with E-state index in [0.29, 0.717) is 17.0 Å². The second kappa shape index (κ2) is 6.20. The quantitative estimate of drug-likeness (QED) is 0.887. The van der Waals surface area contributed by atoms with Crippen LogP contribution in [0.4, 0.5) is 0 Å². The molecule has 0 saturated carbocycles. The molecule has 2 aromatic heterocycles. The van der Waals surface area contributed by atoms with Crippen LogP contribution < -0.4 is 5.32 Å². The van der Waals surface area contributed by atoms with Gasteiger partial charge in [0.2, 0.25) is 0 Å². The van der Waals surface area contributed by atoms with Crippen LogP contribution in [0.15, 0.2) is 16.5 Å². The highest BCUT2D eigenvalue weighted by molar-refractivity contribution is 5.92. The number of carbonyl (C=O) groups is 1. The molecule has 6 heteroatoms. The number of hydrogen-bond donors (Lipinski definition) is 2. The Morgan fingerprint density at radius 3 is 2.57 bits per heavy atom. The summed E-state index contributed by atoms with van der Waals surface area (Å²) in [6.07, 6.45) is 0. The van der Waals surface area contributed by atoms with E-state index in [9.17, 15) is 9.90 Å². The van der Waals surface area contributed by atoms with Gasteiger partial charge in [-0.15, -0.1) is 0 Å². The van der Waals surface area contributed by atoms with Crippen molar-refractivity contribution in [3.8, 4) is 0 Å². The maximum atomic E-state index is 12.3. The number of hydrogen-bond acceptors (Lipinski definition) is 4. The fraction of sp³-hybridized carbons (Fsp3) is 0.529. The van der Waals surface area contributed by atoms with Crippen LogP contribution in [0.2, 0.25) is 0 Å². The minimum Gasteiger partial charge on any atom is -0.466 e. The molecule has 0 spiro atoms. The predicted octanol–water partition coefficient (Wildman–Crippen LogP) is 2.39. The Kier molecular flexibility index (Phi) is 4.66. The van der Waals surface area contributed by atoms with Gasteiger partial charge in [-0.2, -0.15) is 5.10 Å². The number of rotatable bonds is 5. The van der Waals surface area contributed by atoms with Crippen molar-refractivity contribution in [3.63, 3.8) is 0 Å². The van der Waals surface area contributed by atoms with Crippen LogP contribution in [0, 0.1) is 13.8 Å². The Morgan fingerprint density at radius 1 is 1.43 bits per heavy atom. The van der Waals surface area contributed by atoms with Crippen LogP contribution >= 0.6 is 0 Å². The lowest BCUT2D eigenvalue weighted by Crippen LogP contribution is -2.39. The maximum Gasteiger partial charge on any atom is 0.271 e. The molecule has 0 aliphatic heterocycles. The van der Waals surface area contributed by atoms with E-state index in [1.165, 1.54) is 0 Å². The molecular weight excluding hydrogens is 294 g/mol. The maximum absolute atomic E-state index is 12.3. The first-order chi connectivity index (χ1) is 10.6. The summed E-state index contributed by atoms with van der Waals surface area (Å²) in [5.74, 6) is 1.37. The molecule has 1 unspecified atom stereocenters. The molecule has 1 atom stereocenters. The number of aryl methyl sites for hydroxylation is 3. The first kappa shape index (κ1) is 17.3. The van der Waals surface area contributed by atoms with Crippen molar-refractivity contribution in [1.82, 2.24) is 15.1 Å². The Morgan fingerprint density at radius 2 is 2.09 bits per heavy atom. The van der Waals surface area contributed by atoms with Gasteiger partial charge in [0.15, 0.2) is 0 Å². The zero-order valence-electron chi connectivity index (χ0n) is 14.6. The lowest BCUT2D eigenvalue weighted by Gasteiger charge is -2.23. The van der Waals surface area contributed by atoms with Crippen LogP contribution in [0.3, 0.4) is 0 Å². The van der Waals surface area contributed by atoms with E-state index < -0.39 is 5.60 Å². The Labute approximate surface area is 136 Å². The molecule has 0 saturated heterocycles. The van der Waals surface area contributed by atoms with E-state index in [1.807, 2.05) is 27.8 Å². The van der Waals surface area contributed by atoms with E-state index in [0.717, 1.165) is 11.5 Å². The van der Waals surface area contributed by atoms with E-state index in [4.69, 9.17) is 4.42 Å². The van der Waals surface area contributed by atoms with Crippen molar-refractivity contribution in [2.45, 2.75) is 46.1 Å². The van der Waals surface area contributed by atoms with Crippen LogP contribution in [0.25, 0.3) is 0 Å². The summed E-state index contributed by atoms with van der Waals surface area (Å²) in [7, 11) is 1.82. The lowest BCUT2D eigenvalue weighted by atomic mass is 9.96. The number of nitrogens with zero attached hydrogens (tertiary/aromatic N) is 2. The molecule has 0 aliphatic rings. The standard InChI is InChI=1S/C17H25N3O3/c1-10(2)15-8-14(19-20(15)6)16(21)18-9-17(5,22)13-7-11(3)23-12(13)4/h7-8,10,22H,9H2,1-6H3,(H,18,21). The van der Waals surface area contributed by atoms with Gasteiger partial charge in [-0.1, -0.05) is 13.8 Å². The first-order valence-corrected chi connectivity index (χ1v) is 7.74. The fourth-order valence-electron chi connectivity index (χ4n) is 2.74. The number of furan rings is 1. The van der Waals surface area contributed by atoms with Gasteiger partial charge >= 0.3 is 0 Å². The zero-order valence-corrected chi connectivity index (χ0v) is 14.6. The molecule has 0 aromatic carbocycles. The second-order valence-electron chi connectivity index (χ2n) is 6.52. The molecule has 23 heavy (non-hydrogen) atoms. The number of aromatic nitrogens is 2. The number of nitrogens with one attached hydrogen (secondary N) is 1. The van der Waals surface area contributed by atoms with E-state index in [2.05, 4.69) is 10.4 Å². The highest BCUT2D eigenvalue weighted by Crippen LogP contribution is 2.26. The third-order valence-electron chi connectivity index (χ3n) is 3.95. The molecule has 2 rings (SSSR count). The van der Waals surface area contributed by atoms with Gasteiger partial charge in [0.25, 0.3) is 5.91 Å². The minimum atomic E-state index is -1.20. The molecule has 2 aromatic rings. The molecular formula is C17H25N3O3. The number of amides is 1. The SMILES string of the molecule is Cc1cc(C(C)(O)CNC(=O)c2cc(C(C)C)n(C)n2)c(C)o1. The monoisotopic (exact) mass is 319 g/mol. The molecule has 0 aliphatic carbocycles. The third kappa shape index (κ3) is 3.64. The van der Waals surface area contributed by atoms with Crippen molar-refractivity contribution < 1.29 is 14.3 Å². The van der Waals surface area contributed by atoms with Crippen LogP contribution in [0.5, 0.6) is 0 Å². The van der Waals surface area contributed by atoms with Gasteiger partial charge in [0.1, 0.15) is 22.8 Å². The molecule has 0 fully saturated rings. The summed E-state index contributed by atoms with van der Waals surface area (Å²) >= 11 is 0. The second-order valence-corrected chi connectivity index (χ2v) is 6.52. The van der Waals surface area contributed by atoms with Gasteiger partial charge in [0, 0.05) is 18.3 Å². The van der Waals surface area contributed by atoms with Gasteiger partial charge in [-0.05, 0) is 38.8 Å². The third-order valence-corrected chi connectivity index (χ3v) is 3.95. The van der Waals surface area contributed by atoms with Gasteiger partial charge in [0.05, 0.1) is 6.54 Å². The van der Waals surface area contributed by atoms with Crippen LogP contribution in [-0.4, -0.2) is 27.3 Å². The molecule has 0 radical (unpaired) electrons. The summed E-state index contributed by atoms with van der Waals surface area (Å²) in [6.45, 7) is 9.46. The number of aliphatic hydroxyl groups is 1. The average Bonchev–Trinajstić information content (AvgIpc) is 2.99. The summed E-state index contributed by atoms with van der Waals surface area (Å²) in [5.41, 5.74) is 0.821. The average molecular weight is 319 g/mol. The van der Waals surface area contributed by atoms with Crippen molar-refractivity contribution in [2.75, 3.05) is 6.54 Å². The Bertz CT molecular complexity index is 711. The first-order valence-electron chi connectivity index (χ1n) is 7.74. The van der Waals surface area contributed by atoms with E-state index in [-0.39, 0.29) is 18.4 Å². The van der Waals surface area contributed by atoms with Crippen molar-refractivity contribution in [1.29, 1.82) is 0 Å². The van der Waals surface area contributed by atoms with Gasteiger partial charge < -0.3 is 14.8 Å². The fourth-order valence-corrected chi connectivity index (χ4v) is 2.74. The molecule has 6 nitrogen and oxygen atoms in total. The summed E-state index contributed by atoms with van der Waals surface area (Å²) in [4.78, 5) is 12.3. The predicted molar refractivity (Wildman–Crippen MR) is 87.4 cm³/mol. The zero-order chi connectivity index (χ0) is 17.4. The van der Waals surface area contributed by atoms with E-state index >= 15 is 0 Å². The number of carbonyl (C=O) groups excluding carboxylic acids is 1. The largest absolute Gasteiger partial charge is 0.466 e. The lowest BCUT2D eigenvalue weighted by molar-refractivity contribution is 0.0512. The molecule has 126 valence electrons. The molecule has 1 amide bonds. The molecule has 0 bridgehead atoms. The highest BCUT2D eigenvalue weighted by Gasteiger charge is 2.28. The molecule has 2 N–H and O–H groups in total. The highest BCUT2D eigenvalue weighted by atomic mass is 16.3. The Balaban J connectivity index is 2.09. The van der Waals surface area contributed by atoms with Gasteiger partial charge in [-0.25, -0.2) is 0 Å².